The monoisotopic (exact) mass is 396 g/mol. The maximum absolute atomic E-state index is 13.2. The van der Waals surface area contributed by atoms with Crippen LogP contribution in [0.1, 0.15) is 55.1 Å². The summed E-state index contributed by atoms with van der Waals surface area (Å²) in [7, 11) is 0. The van der Waals surface area contributed by atoms with E-state index in [9.17, 15) is 20.0 Å². The van der Waals surface area contributed by atoms with E-state index in [-0.39, 0.29) is 50.7 Å². The Balaban J connectivity index is 2.60. The van der Waals surface area contributed by atoms with Crippen LogP contribution in [0.5, 0.6) is 5.88 Å². The Bertz CT molecular complexity index is 874. The molecule has 26 heavy (non-hydrogen) atoms. The topological polar surface area (TPSA) is 83.1 Å². The number of Topliss-reactive ketones (excluding diaryl/α,β-unsaturated/α-hetero) is 1. The minimum atomic E-state index is -0.567. The normalized spacial score (nSPS) is 20.3. The van der Waals surface area contributed by atoms with Gasteiger partial charge in [-0.1, -0.05) is 50.4 Å². The van der Waals surface area contributed by atoms with Gasteiger partial charge in [0.25, 0.3) is 5.56 Å². The molecule has 1 saturated carbocycles. The molecule has 2 rings (SSSR count). The van der Waals surface area contributed by atoms with Gasteiger partial charge in [-0.3, -0.25) is 14.2 Å². The summed E-state index contributed by atoms with van der Waals surface area (Å²) in [6, 6.07) is 1.88. The van der Waals surface area contributed by atoms with Gasteiger partial charge in [-0.15, -0.1) is 0 Å². The predicted molar refractivity (Wildman–Crippen MR) is 102 cm³/mol. The highest BCUT2D eigenvalue weighted by molar-refractivity contribution is 6.55. The van der Waals surface area contributed by atoms with Gasteiger partial charge in [0.2, 0.25) is 5.88 Å². The second-order valence-corrected chi connectivity index (χ2v) is 8.27. The van der Waals surface area contributed by atoms with Gasteiger partial charge in [0, 0.05) is 12.5 Å². The molecule has 0 aliphatic heterocycles. The number of pyridine rings is 1. The molecular weight excluding hydrogens is 375 g/mol. The Kier molecular flexibility index (Phi) is 5.89. The number of carbonyl (C=O) groups is 1. The quantitative estimate of drug-likeness (QED) is 0.726. The first-order valence-corrected chi connectivity index (χ1v) is 9.28. The maximum Gasteiger partial charge on any atom is 0.271 e. The first-order chi connectivity index (χ1) is 12.1. The summed E-state index contributed by atoms with van der Waals surface area (Å²) in [5.41, 5.74) is -0.791. The average Bonchev–Trinajstić information content (AvgIpc) is 3.07. The van der Waals surface area contributed by atoms with Crippen molar-refractivity contribution in [3.05, 3.63) is 37.6 Å². The van der Waals surface area contributed by atoms with Gasteiger partial charge in [0.1, 0.15) is 16.1 Å². The minimum absolute atomic E-state index is 0.0388. The highest BCUT2D eigenvalue weighted by Gasteiger charge is 2.61. The molecule has 0 amide bonds. The van der Waals surface area contributed by atoms with E-state index < -0.39 is 11.5 Å². The van der Waals surface area contributed by atoms with Crippen LogP contribution in [0.15, 0.2) is 15.4 Å². The molecule has 0 radical (unpaired) electrons. The van der Waals surface area contributed by atoms with Crippen LogP contribution in [-0.2, 0) is 6.54 Å². The number of carbonyl (C=O) groups excluding carboxylic acids is 1. The second kappa shape index (κ2) is 7.46. The molecule has 1 heterocycles. The third-order valence-electron chi connectivity index (χ3n) is 5.28. The smallest absolute Gasteiger partial charge is 0.271 e. The summed E-state index contributed by atoms with van der Waals surface area (Å²) in [4.78, 5) is 25.6. The van der Waals surface area contributed by atoms with Crippen LogP contribution >= 0.6 is 23.2 Å². The number of nitrogens with zero attached hydrogens (tertiary/aromatic N) is 2. The van der Waals surface area contributed by atoms with Gasteiger partial charge in [-0.2, -0.15) is 5.26 Å². The molecule has 0 spiro atoms. The summed E-state index contributed by atoms with van der Waals surface area (Å²) in [6.45, 7) is 7.55. The number of nitriles is 1. The molecule has 1 N–H and O–H groups in total. The molecule has 0 aromatic carbocycles. The fourth-order valence-electron chi connectivity index (χ4n) is 3.55. The molecule has 2 unspecified atom stereocenters. The zero-order valence-electron chi connectivity index (χ0n) is 15.3. The molecule has 5 nitrogen and oxygen atoms in total. The van der Waals surface area contributed by atoms with Crippen molar-refractivity contribution in [1.82, 2.24) is 4.57 Å². The molecule has 140 valence electrons. The SMILES string of the molecule is CCCCn1c(O)c(C(=O)C2C(C=C(Cl)Cl)C2(C)C)c(C)c(C#N)c1=O. The van der Waals surface area contributed by atoms with Crippen molar-refractivity contribution in [1.29, 1.82) is 5.26 Å². The van der Waals surface area contributed by atoms with Gasteiger partial charge < -0.3 is 5.11 Å². The van der Waals surface area contributed by atoms with Crippen molar-refractivity contribution in [2.45, 2.75) is 47.1 Å². The van der Waals surface area contributed by atoms with Crippen LogP contribution < -0.4 is 5.56 Å². The lowest BCUT2D eigenvalue weighted by Gasteiger charge is -2.15. The summed E-state index contributed by atoms with van der Waals surface area (Å²) in [5.74, 6) is -1.27. The van der Waals surface area contributed by atoms with E-state index in [1.165, 1.54) is 6.92 Å². The Hall–Kier alpha value is -1.77. The number of rotatable bonds is 6. The number of aromatic hydroxyl groups is 1. The molecule has 0 saturated heterocycles. The summed E-state index contributed by atoms with van der Waals surface area (Å²) < 4.78 is 1.21. The molecule has 1 aromatic heterocycles. The Morgan fingerprint density at radius 2 is 2.04 bits per heavy atom. The van der Waals surface area contributed by atoms with Crippen LogP contribution in [0, 0.1) is 35.5 Å². The summed E-state index contributed by atoms with van der Waals surface area (Å²) in [5, 5.41) is 20.0. The van der Waals surface area contributed by atoms with Crippen LogP contribution in [0.2, 0.25) is 0 Å². The number of aromatic nitrogens is 1. The number of hydrogen-bond donors (Lipinski definition) is 1. The van der Waals surface area contributed by atoms with E-state index in [0.717, 1.165) is 11.0 Å². The van der Waals surface area contributed by atoms with E-state index in [4.69, 9.17) is 23.2 Å². The number of unbranched alkanes of at least 4 members (excludes halogenated alkanes) is 1. The zero-order valence-corrected chi connectivity index (χ0v) is 16.8. The zero-order chi connectivity index (χ0) is 19.8. The van der Waals surface area contributed by atoms with E-state index in [1.807, 2.05) is 26.8 Å². The first-order valence-electron chi connectivity index (χ1n) is 8.53. The average molecular weight is 397 g/mol. The second-order valence-electron chi connectivity index (χ2n) is 7.27. The third kappa shape index (κ3) is 3.41. The Labute approximate surface area is 162 Å². The number of allylic oxidation sites excluding steroid dienone is 1. The lowest BCUT2D eigenvalue weighted by molar-refractivity contribution is 0.0946. The third-order valence-corrected chi connectivity index (χ3v) is 5.53. The van der Waals surface area contributed by atoms with Gasteiger partial charge in [0.15, 0.2) is 5.78 Å². The standard InChI is InChI=1S/C19H22Cl2N2O3/c1-5-6-7-23-17(25)11(9-22)10(2)14(18(23)26)16(24)15-12(8-13(20)21)19(15,3)4/h8,12,15,26H,5-7H2,1-4H3. The summed E-state index contributed by atoms with van der Waals surface area (Å²) in [6.07, 6.45) is 3.08. The van der Waals surface area contributed by atoms with Crippen molar-refractivity contribution in [2.75, 3.05) is 0 Å². The fraction of sp³-hybridized carbons (Fsp3) is 0.526. The number of ketones is 1. The van der Waals surface area contributed by atoms with E-state index in [2.05, 4.69) is 0 Å². The van der Waals surface area contributed by atoms with Gasteiger partial charge in [-0.25, -0.2) is 0 Å². The summed E-state index contributed by atoms with van der Waals surface area (Å²) >= 11 is 11.5. The van der Waals surface area contributed by atoms with Crippen LogP contribution in [0.4, 0.5) is 0 Å². The largest absolute Gasteiger partial charge is 0.494 e. The highest BCUT2D eigenvalue weighted by atomic mass is 35.5. The van der Waals surface area contributed by atoms with E-state index in [1.54, 1.807) is 6.08 Å². The lowest BCUT2D eigenvalue weighted by atomic mass is 9.96. The molecule has 1 aliphatic carbocycles. The van der Waals surface area contributed by atoms with Gasteiger partial charge in [0.05, 0.1) is 5.56 Å². The molecule has 7 heteroatoms. The van der Waals surface area contributed by atoms with Crippen molar-refractivity contribution in [2.24, 2.45) is 17.3 Å². The van der Waals surface area contributed by atoms with E-state index >= 15 is 0 Å². The van der Waals surface area contributed by atoms with Crippen LogP contribution in [0.25, 0.3) is 0 Å². The van der Waals surface area contributed by atoms with Crippen LogP contribution in [0.3, 0.4) is 0 Å². The molecule has 1 aliphatic rings. The Morgan fingerprint density at radius 3 is 2.54 bits per heavy atom. The number of halogens is 2. The van der Waals surface area contributed by atoms with Gasteiger partial charge in [-0.05, 0) is 36.3 Å². The molecule has 1 aromatic rings. The first kappa shape index (κ1) is 20.5. The van der Waals surface area contributed by atoms with Crippen molar-refractivity contribution < 1.29 is 9.90 Å². The van der Waals surface area contributed by atoms with E-state index in [0.29, 0.717) is 6.42 Å². The highest BCUT2D eigenvalue weighted by Crippen LogP contribution is 2.61. The van der Waals surface area contributed by atoms with Crippen molar-refractivity contribution in [3.63, 3.8) is 0 Å². The molecule has 0 bridgehead atoms. The van der Waals surface area contributed by atoms with Crippen molar-refractivity contribution in [3.8, 4) is 11.9 Å². The van der Waals surface area contributed by atoms with Gasteiger partial charge >= 0.3 is 0 Å². The fourth-order valence-corrected chi connectivity index (χ4v) is 3.82. The molecule has 2 atom stereocenters. The number of hydrogen-bond acceptors (Lipinski definition) is 4. The molecule has 1 fully saturated rings. The van der Waals surface area contributed by atoms with Crippen LogP contribution in [-0.4, -0.2) is 15.5 Å². The maximum atomic E-state index is 13.2. The molecular formula is C19H22Cl2N2O3. The lowest BCUT2D eigenvalue weighted by Crippen LogP contribution is -2.27. The minimum Gasteiger partial charge on any atom is -0.494 e. The predicted octanol–water partition coefficient (Wildman–Crippen LogP) is 4.31. The van der Waals surface area contributed by atoms with Crippen molar-refractivity contribution >= 4 is 29.0 Å². The Morgan fingerprint density at radius 1 is 1.42 bits per heavy atom.